The van der Waals surface area contributed by atoms with Crippen LogP contribution in [0.3, 0.4) is 0 Å². The van der Waals surface area contributed by atoms with Gasteiger partial charge in [-0.15, -0.1) is 0 Å². The number of likely N-dealkylation sites (tertiary alicyclic amines) is 1. The lowest BCUT2D eigenvalue weighted by molar-refractivity contribution is 0.108. The monoisotopic (exact) mass is 238 g/mol. The molecule has 100 valence electrons. The fourth-order valence-electron chi connectivity index (χ4n) is 3.35. The third kappa shape index (κ3) is 3.96. The van der Waals surface area contributed by atoms with Gasteiger partial charge < -0.3 is 10.2 Å². The lowest BCUT2D eigenvalue weighted by Crippen LogP contribution is -2.38. The minimum absolute atomic E-state index is 0.515. The van der Waals surface area contributed by atoms with E-state index >= 15 is 0 Å². The molecule has 0 bridgehead atoms. The van der Waals surface area contributed by atoms with Crippen molar-refractivity contribution in [1.82, 2.24) is 10.2 Å². The van der Waals surface area contributed by atoms with Crippen molar-refractivity contribution in [1.29, 1.82) is 0 Å². The van der Waals surface area contributed by atoms with Gasteiger partial charge in [0.1, 0.15) is 0 Å². The number of piperidine rings is 1. The summed E-state index contributed by atoms with van der Waals surface area (Å²) in [6.07, 6.45) is 5.63. The highest BCUT2D eigenvalue weighted by atomic mass is 15.1. The Hall–Kier alpha value is -0.0800. The van der Waals surface area contributed by atoms with Crippen LogP contribution in [0.4, 0.5) is 0 Å². The number of hydrogen-bond donors (Lipinski definition) is 1. The molecule has 0 spiro atoms. The zero-order chi connectivity index (χ0) is 12.3. The Morgan fingerprint density at radius 2 is 1.82 bits per heavy atom. The minimum atomic E-state index is 0.515. The third-order valence-corrected chi connectivity index (χ3v) is 4.83. The van der Waals surface area contributed by atoms with Crippen molar-refractivity contribution in [2.45, 2.75) is 46.5 Å². The molecule has 1 atom stereocenters. The highest BCUT2D eigenvalue weighted by Crippen LogP contribution is 2.34. The summed E-state index contributed by atoms with van der Waals surface area (Å²) in [5.74, 6) is 1.89. The van der Waals surface area contributed by atoms with Crippen molar-refractivity contribution in [3.8, 4) is 0 Å². The van der Waals surface area contributed by atoms with E-state index < -0.39 is 0 Å². The van der Waals surface area contributed by atoms with Gasteiger partial charge in [-0.3, -0.25) is 0 Å². The van der Waals surface area contributed by atoms with E-state index in [4.69, 9.17) is 0 Å². The molecule has 2 nitrogen and oxygen atoms in total. The fraction of sp³-hybridized carbons (Fsp3) is 1.00. The molecular weight excluding hydrogens is 208 g/mol. The molecule has 0 saturated carbocycles. The van der Waals surface area contributed by atoms with Gasteiger partial charge in [0.25, 0.3) is 0 Å². The predicted octanol–water partition coefficient (Wildman–Crippen LogP) is 2.74. The number of nitrogens with zero attached hydrogens (tertiary/aromatic N) is 1. The zero-order valence-electron chi connectivity index (χ0n) is 12.0. The molecule has 17 heavy (non-hydrogen) atoms. The van der Waals surface area contributed by atoms with E-state index in [9.17, 15) is 0 Å². The van der Waals surface area contributed by atoms with Gasteiger partial charge in [-0.05, 0) is 75.7 Å². The van der Waals surface area contributed by atoms with Gasteiger partial charge in [-0.2, -0.15) is 0 Å². The molecule has 0 amide bonds. The van der Waals surface area contributed by atoms with Gasteiger partial charge in [0.05, 0.1) is 0 Å². The van der Waals surface area contributed by atoms with Crippen molar-refractivity contribution in [3.05, 3.63) is 0 Å². The first-order chi connectivity index (χ1) is 8.05. The van der Waals surface area contributed by atoms with E-state index in [0.29, 0.717) is 5.41 Å². The molecule has 0 aromatic rings. The standard InChI is InChI=1S/C15H30N2/c1-15(2,3)14-6-10-17(11-7-14)9-5-13-4-8-16-12-13/h13-14,16H,4-12H2,1-3H3/t13-/m1/s1. The highest BCUT2D eigenvalue weighted by Gasteiger charge is 2.28. The largest absolute Gasteiger partial charge is 0.316 e. The number of nitrogens with one attached hydrogen (secondary N) is 1. The summed E-state index contributed by atoms with van der Waals surface area (Å²) >= 11 is 0. The van der Waals surface area contributed by atoms with E-state index in [1.54, 1.807) is 0 Å². The average molecular weight is 238 g/mol. The topological polar surface area (TPSA) is 15.3 Å². The number of rotatable bonds is 3. The van der Waals surface area contributed by atoms with Crippen LogP contribution < -0.4 is 5.32 Å². The second kappa shape index (κ2) is 5.71. The molecule has 0 radical (unpaired) electrons. The highest BCUT2D eigenvalue weighted by molar-refractivity contribution is 4.81. The molecule has 1 N–H and O–H groups in total. The van der Waals surface area contributed by atoms with Crippen LogP contribution in [-0.4, -0.2) is 37.6 Å². The molecule has 2 rings (SSSR count). The Kier molecular flexibility index (Phi) is 4.48. The Bertz CT molecular complexity index is 218. The zero-order valence-corrected chi connectivity index (χ0v) is 12.0. The van der Waals surface area contributed by atoms with Crippen LogP contribution in [0.15, 0.2) is 0 Å². The maximum Gasteiger partial charge on any atom is -0.00156 e. The van der Waals surface area contributed by atoms with Gasteiger partial charge in [-0.1, -0.05) is 20.8 Å². The van der Waals surface area contributed by atoms with Crippen LogP contribution >= 0.6 is 0 Å². The minimum Gasteiger partial charge on any atom is -0.316 e. The van der Waals surface area contributed by atoms with Gasteiger partial charge in [0, 0.05) is 0 Å². The lowest BCUT2D eigenvalue weighted by Gasteiger charge is -2.39. The average Bonchev–Trinajstić information content (AvgIpc) is 2.78. The maximum absolute atomic E-state index is 3.47. The fourth-order valence-corrected chi connectivity index (χ4v) is 3.35. The van der Waals surface area contributed by atoms with E-state index in [1.165, 1.54) is 58.4 Å². The molecule has 0 aromatic carbocycles. The van der Waals surface area contributed by atoms with Crippen molar-refractivity contribution in [2.24, 2.45) is 17.3 Å². The molecule has 2 heteroatoms. The Morgan fingerprint density at radius 3 is 2.35 bits per heavy atom. The quantitative estimate of drug-likeness (QED) is 0.813. The summed E-state index contributed by atoms with van der Waals surface area (Å²) in [7, 11) is 0. The number of hydrogen-bond acceptors (Lipinski definition) is 2. The Labute approximate surface area is 107 Å². The van der Waals surface area contributed by atoms with Crippen LogP contribution in [0.25, 0.3) is 0 Å². The van der Waals surface area contributed by atoms with Crippen molar-refractivity contribution >= 4 is 0 Å². The van der Waals surface area contributed by atoms with Crippen LogP contribution in [0.5, 0.6) is 0 Å². The molecule has 2 saturated heterocycles. The van der Waals surface area contributed by atoms with Gasteiger partial charge in [0.2, 0.25) is 0 Å². The summed E-state index contributed by atoms with van der Waals surface area (Å²) in [5, 5.41) is 3.47. The summed E-state index contributed by atoms with van der Waals surface area (Å²) in [6.45, 7) is 13.7. The van der Waals surface area contributed by atoms with E-state index in [1.807, 2.05) is 0 Å². The normalized spacial score (nSPS) is 28.8. The van der Waals surface area contributed by atoms with Gasteiger partial charge >= 0.3 is 0 Å². The molecule has 0 unspecified atom stereocenters. The van der Waals surface area contributed by atoms with Crippen LogP contribution in [0.2, 0.25) is 0 Å². The van der Waals surface area contributed by atoms with Crippen LogP contribution in [0, 0.1) is 17.3 Å². The molecule has 2 fully saturated rings. The van der Waals surface area contributed by atoms with Crippen LogP contribution in [-0.2, 0) is 0 Å². The van der Waals surface area contributed by atoms with E-state index in [-0.39, 0.29) is 0 Å². The Balaban J connectivity index is 1.65. The molecule has 2 aliphatic rings. The summed E-state index contributed by atoms with van der Waals surface area (Å²) in [4.78, 5) is 2.70. The molecule has 2 heterocycles. The van der Waals surface area contributed by atoms with E-state index in [0.717, 1.165) is 11.8 Å². The van der Waals surface area contributed by atoms with Crippen molar-refractivity contribution in [2.75, 3.05) is 32.7 Å². The first-order valence-electron chi connectivity index (χ1n) is 7.49. The summed E-state index contributed by atoms with van der Waals surface area (Å²) < 4.78 is 0. The SMILES string of the molecule is CC(C)(C)C1CCN(CC[C@H]2CCNC2)CC1. The first-order valence-corrected chi connectivity index (χ1v) is 7.49. The Morgan fingerprint density at radius 1 is 1.12 bits per heavy atom. The molecule has 2 aliphatic heterocycles. The van der Waals surface area contributed by atoms with E-state index in [2.05, 4.69) is 31.0 Å². The molecule has 0 aromatic heterocycles. The second-order valence-electron chi connectivity index (χ2n) is 7.13. The predicted molar refractivity (Wildman–Crippen MR) is 74.2 cm³/mol. The van der Waals surface area contributed by atoms with Crippen molar-refractivity contribution in [3.63, 3.8) is 0 Å². The summed E-state index contributed by atoms with van der Waals surface area (Å²) in [6, 6.07) is 0. The second-order valence-corrected chi connectivity index (χ2v) is 7.13. The smallest absolute Gasteiger partial charge is 0.00156 e. The molecule has 0 aliphatic carbocycles. The van der Waals surface area contributed by atoms with Crippen molar-refractivity contribution < 1.29 is 0 Å². The van der Waals surface area contributed by atoms with Gasteiger partial charge in [0.15, 0.2) is 0 Å². The lowest BCUT2D eigenvalue weighted by atomic mass is 9.75. The maximum atomic E-state index is 3.47. The molecular formula is C15H30N2. The van der Waals surface area contributed by atoms with Crippen LogP contribution in [0.1, 0.15) is 46.5 Å². The third-order valence-electron chi connectivity index (χ3n) is 4.83. The first kappa shape index (κ1) is 13.4. The van der Waals surface area contributed by atoms with Gasteiger partial charge in [-0.25, -0.2) is 0 Å². The summed E-state index contributed by atoms with van der Waals surface area (Å²) in [5.41, 5.74) is 0.515.